The van der Waals surface area contributed by atoms with E-state index in [1.54, 1.807) is 56.1 Å². The molecule has 0 N–H and O–H groups in total. The minimum atomic E-state index is -0.0178. The van der Waals surface area contributed by atoms with Gasteiger partial charge in [-0.3, -0.25) is 4.79 Å². The lowest BCUT2D eigenvalue weighted by atomic mass is 10.2. The first-order valence-corrected chi connectivity index (χ1v) is 10.6. The zero-order valence-electron chi connectivity index (χ0n) is 16.9. The number of rotatable bonds is 9. The molecule has 1 aromatic heterocycles. The Bertz CT molecular complexity index is 994. The van der Waals surface area contributed by atoms with E-state index in [1.807, 2.05) is 24.3 Å². The summed E-state index contributed by atoms with van der Waals surface area (Å²) in [6.07, 6.45) is 0. The van der Waals surface area contributed by atoms with E-state index in [-0.39, 0.29) is 12.5 Å². The molecule has 1 amide bonds. The van der Waals surface area contributed by atoms with Gasteiger partial charge in [0.05, 0.1) is 32.1 Å². The fourth-order valence-electron chi connectivity index (χ4n) is 2.65. The Morgan fingerprint density at radius 2 is 1.93 bits per heavy atom. The van der Waals surface area contributed by atoms with E-state index in [0.29, 0.717) is 39.6 Å². The molecule has 7 nitrogen and oxygen atoms in total. The van der Waals surface area contributed by atoms with Gasteiger partial charge in [0.1, 0.15) is 11.5 Å². The van der Waals surface area contributed by atoms with E-state index in [2.05, 4.69) is 10.1 Å². The van der Waals surface area contributed by atoms with Crippen molar-refractivity contribution in [2.45, 2.75) is 12.3 Å². The van der Waals surface area contributed by atoms with Gasteiger partial charge in [-0.15, -0.1) is 11.8 Å². The lowest BCUT2D eigenvalue weighted by Gasteiger charge is -2.14. The lowest BCUT2D eigenvalue weighted by Crippen LogP contribution is -2.28. The normalized spacial score (nSPS) is 10.7. The molecular weight excluding hydrogens is 426 g/mol. The average Bonchev–Trinajstić information content (AvgIpc) is 3.22. The van der Waals surface area contributed by atoms with Crippen LogP contribution in [-0.2, 0) is 17.1 Å². The number of nitrogens with zero attached hydrogens (tertiary/aromatic N) is 3. The fraction of sp³-hybridized carbons (Fsp3) is 0.286. The van der Waals surface area contributed by atoms with Crippen molar-refractivity contribution in [1.29, 1.82) is 0 Å². The van der Waals surface area contributed by atoms with Gasteiger partial charge in [0, 0.05) is 23.9 Å². The van der Waals surface area contributed by atoms with E-state index in [0.717, 1.165) is 11.3 Å². The molecule has 0 atom stereocenters. The highest BCUT2D eigenvalue weighted by Crippen LogP contribution is 2.31. The van der Waals surface area contributed by atoms with E-state index in [9.17, 15) is 4.79 Å². The number of methoxy groups -OCH3 is 2. The molecule has 0 aliphatic carbocycles. The van der Waals surface area contributed by atoms with E-state index in [4.69, 9.17) is 25.6 Å². The first kappa shape index (κ1) is 22.0. The molecule has 0 bridgehead atoms. The second kappa shape index (κ2) is 10.4. The summed E-state index contributed by atoms with van der Waals surface area (Å²) in [5, 5.41) is 4.71. The SMILES string of the molecule is COc1ccc(-c2noc(CN(C)C(=O)CSCc3ccc(Cl)cc3)n2)c(OC)c1. The van der Waals surface area contributed by atoms with Crippen molar-refractivity contribution in [2.75, 3.05) is 27.0 Å². The molecule has 0 saturated heterocycles. The second-order valence-electron chi connectivity index (χ2n) is 6.45. The zero-order valence-corrected chi connectivity index (χ0v) is 18.5. The molecule has 0 aliphatic heterocycles. The summed E-state index contributed by atoms with van der Waals surface area (Å²) in [5.41, 5.74) is 1.80. The summed E-state index contributed by atoms with van der Waals surface area (Å²) < 4.78 is 15.9. The third kappa shape index (κ3) is 5.67. The first-order chi connectivity index (χ1) is 14.5. The molecule has 0 unspecified atom stereocenters. The van der Waals surface area contributed by atoms with Gasteiger partial charge in [-0.2, -0.15) is 4.98 Å². The Balaban J connectivity index is 1.56. The molecule has 2 aromatic carbocycles. The maximum atomic E-state index is 12.4. The largest absolute Gasteiger partial charge is 0.497 e. The number of carbonyl (C=O) groups is 1. The highest BCUT2D eigenvalue weighted by atomic mass is 35.5. The Labute approximate surface area is 184 Å². The first-order valence-electron chi connectivity index (χ1n) is 9.11. The van der Waals surface area contributed by atoms with Crippen LogP contribution in [0.15, 0.2) is 47.0 Å². The van der Waals surface area contributed by atoms with Crippen molar-refractivity contribution in [3.05, 3.63) is 58.9 Å². The van der Waals surface area contributed by atoms with Crippen molar-refractivity contribution in [3.63, 3.8) is 0 Å². The number of hydrogen-bond acceptors (Lipinski definition) is 7. The van der Waals surface area contributed by atoms with E-state index in [1.165, 1.54) is 0 Å². The third-order valence-corrected chi connectivity index (χ3v) is 5.56. The van der Waals surface area contributed by atoms with Crippen LogP contribution in [0.5, 0.6) is 11.5 Å². The van der Waals surface area contributed by atoms with Crippen LogP contribution in [0, 0.1) is 0 Å². The Morgan fingerprint density at radius 3 is 2.63 bits per heavy atom. The Kier molecular flexibility index (Phi) is 7.59. The van der Waals surface area contributed by atoms with Gasteiger partial charge < -0.3 is 18.9 Å². The molecule has 3 aromatic rings. The molecule has 3 rings (SSSR count). The van der Waals surface area contributed by atoms with Crippen molar-refractivity contribution in [3.8, 4) is 22.9 Å². The summed E-state index contributed by atoms with van der Waals surface area (Å²) >= 11 is 7.43. The van der Waals surface area contributed by atoms with Gasteiger partial charge in [-0.05, 0) is 29.8 Å². The number of thioether (sulfide) groups is 1. The number of carbonyl (C=O) groups excluding carboxylic acids is 1. The van der Waals surface area contributed by atoms with Crippen LogP contribution in [0.1, 0.15) is 11.5 Å². The summed E-state index contributed by atoms with van der Waals surface area (Å²) in [6, 6.07) is 12.9. The van der Waals surface area contributed by atoms with Gasteiger partial charge in [0.15, 0.2) is 0 Å². The monoisotopic (exact) mass is 447 g/mol. The lowest BCUT2D eigenvalue weighted by molar-refractivity contribution is -0.127. The molecule has 9 heteroatoms. The van der Waals surface area contributed by atoms with Gasteiger partial charge in [-0.25, -0.2) is 0 Å². The predicted octanol–water partition coefficient (Wildman–Crippen LogP) is 4.30. The van der Waals surface area contributed by atoms with Crippen LogP contribution in [0.25, 0.3) is 11.4 Å². The van der Waals surface area contributed by atoms with E-state index < -0.39 is 0 Å². The molecule has 0 saturated carbocycles. The Morgan fingerprint density at radius 1 is 1.17 bits per heavy atom. The van der Waals surface area contributed by atoms with Crippen LogP contribution in [-0.4, -0.2) is 48.0 Å². The minimum Gasteiger partial charge on any atom is -0.497 e. The quantitative estimate of drug-likeness (QED) is 0.484. The van der Waals surface area contributed by atoms with E-state index >= 15 is 0 Å². The number of halogens is 1. The number of ether oxygens (including phenoxy) is 2. The minimum absolute atomic E-state index is 0.0178. The van der Waals surface area contributed by atoms with Gasteiger partial charge in [0.2, 0.25) is 17.6 Å². The predicted molar refractivity (Wildman–Crippen MR) is 117 cm³/mol. The van der Waals surface area contributed by atoms with Gasteiger partial charge in [-0.1, -0.05) is 28.9 Å². The molecule has 0 radical (unpaired) electrons. The zero-order chi connectivity index (χ0) is 21.5. The van der Waals surface area contributed by atoms with Gasteiger partial charge in [0.25, 0.3) is 0 Å². The highest BCUT2D eigenvalue weighted by molar-refractivity contribution is 7.99. The van der Waals surface area contributed by atoms with Crippen LogP contribution in [0.2, 0.25) is 5.02 Å². The summed E-state index contributed by atoms with van der Waals surface area (Å²) in [5.74, 6) is 3.05. The summed E-state index contributed by atoms with van der Waals surface area (Å²) in [6.45, 7) is 0.228. The number of hydrogen-bond donors (Lipinski definition) is 0. The van der Waals surface area contributed by atoms with Crippen LogP contribution in [0.4, 0.5) is 0 Å². The number of amides is 1. The van der Waals surface area contributed by atoms with Crippen molar-refractivity contribution in [1.82, 2.24) is 15.0 Å². The molecule has 0 spiro atoms. The molecular formula is C21H22ClN3O4S. The topological polar surface area (TPSA) is 77.7 Å². The summed E-state index contributed by atoms with van der Waals surface area (Å²) in [7, 11) is 4.86. The fourth-order valence-corrected chi connectivity index (χ4v) is 3.70. The molecule has 1 heterocycles. The second-order valence-corrected chi connectivity index (χ2v) is 7.87. The average molecular weight is 448 g/mol. The molecule has 30 heavy (non-hydrogen) atoms. The van der Waals surface area contributed by atoms with Crippen molar-refractivity contribution in [2.24, 2.45) is 0 Å². The molecule has 0 fully saturated rings. The van der Waals surface area contributed by atoms with Crippen LogP contribution in [0.3, 0.4) is 0 Å². The van der Waals surface area contributed by atoms with Crippen molar-refractivity contribution >= 4 is 29.3 Å². The van der Waals surface area contributed by atoms with Crippen molar-refractivity contribution < 1.29 is 18.8 Å². The number of aromatic nitrogens is 2. The maximum absolute atomic E-state index is 12.4. The van der Waals surface area contributed by atoms with Crippen LogP contribution >= 0.6 is 23.4 Å². The van der Waals surface area contributed by atoms with Crippen LogP contribution < -0.4 is 9.47 Å². The smallest absolute Gasteiger partial charge is 0.246 e. The molecule has 158 valence electrons. The highest BCUT2D eigenvalue weighted by Gasteiger charge is 2.17. The summed E-state index contributed by atoms with van der Waals surface area (Å²) in [4.78, 5) is 18.4. The number of benzene rings is 2. The standard InChI is InChI=1S/C21H22ClN3O4S/c1-25(20(26)13-30-12-14-4-6-15(22)7-5-14)11-19-23-21(24-29-19)17-9-8-16(27-2)10-18(17)28-3/h4-10H,11-13H2,1-3H3. The van der Waals surface area contributed by atoms with Gasteiger partial charge >= 0.3 is 0 Å². The third-order valence-electron chi connectivity index (χ3n) is 4.32. The molecule has 0 aliphatic rings. The maximum Gasteiger partial charge on any atom is 0.246 e. The Hall–Kier alpha value is -2.71.